The van der Waals surface area contributed by atoms with Crippen LogP contribution in [0.1, 0.15) is 10.4 Å². The second-order valence-corrected chi connectivity index (χ2v) is 5.83. The SMILES string of the molecule is CN(C)C=NC(=O)c1ccc(S(C)(=O)=O)cc1. The highest BCUT2D eigenvalue weighted by atomic mass is 32.2. The number of sulfone groups is 1. The summed E-state index contributed by atoms with van der Waals surface area (Å²) < 4.78 is 22.4. The summed E-state index contributed by atoms with van der Waals surface area (Å²) in [6, 6.07) is 5.69. The fourth-order valence-corrected chi connectivity index (χ4v) is 1.72. The number of hydrogen-bond donors (Lipinski definition) is 0. The minimum absolute atomic E-state index is 0.186. The summed E-state index contributed by atoms with van der Waals surface area (Å²) in [6.07, 6.45) is 2.51. The van der Waals surface area contributed by atoms with E-state index in [0.29, 0.717) is 5.56 Å². The van der Waals surface area contributed by atoms with Gasteiger partial charge in [0.2, 0.25) is 0 Å². The monoisotopic (exact) mass is 254 g/mol. The van der Waals surface area contributed by atoms with Crippen LogP contribution in [0.2, 0.25) is 0 Å². The maximum absolute atomic E-state index is 11.5. The molecular formula is C11H14N2O3S. The molecule has 0 aliphatic rings. The first-order valence-corrected chi connectivity index (χ1v) is 6.75. The van der Waals surface area contributed by atoms with E-state index < -0.39 is 15.7 Å². The predicted octanol–water partition coefficient (Wildman–Crippen LogP) is 0.820. The van der Waals surface area contributed by atoms with Gasteiger partial charge in [0, 0.05) is 25.9 Å². The molecular weight excluding hydrogens is 240 g/mol. The molecule has 6 heteroatoms. The molecule has 0 saturated heterocycles. The standard InChI is InChI=1S/C11H14N2O3S/c1-13(2)8-12-11(14)9-4-6-10(7-5-9)17(3,15)16/h4-8H,1-3H3. The van der Waals surface area contributed by atoms with Crippen molar-refractivity contribution < 1.29 is 13.2 Å². The van der Waals surface area contributed by atoms with E-state index in [-0.39, 0.29) is 4.90 Å². The molecule has 1 aromatic carbocycles. The van der Waals surface area contributed by atoms with Gasteiger partial charge >= 0.3 is 0 Å². The van der Waals surface area contributed by atoms with Crippen LogP contribution in [0.4, 0.5) is 0 Å². The first-order chi connectivity index (χ1) is 7.80. The fraction of sp³-hybridized carbons (Fsp3) is 0.273. The van der Waals surface area contributed by atoms with Gasteiger partial charge in [-0.25, -0.2) is 8.42 Å². The Morgan fingerprint density at radius 2 is 1.76 bits per heavy atom. The Kier molecular flexibility index (Phi) is 4.01. The minimum Gasteiger partial charge on any atom is -0.369 e. The van der Waals surface area contributed by atoms with Crippen LogP contribution in [0.5, 0.6) is 0 Å². The van der Waals surface area contributed by atoms with Gasteiger partial charge in [0.25, 0.3) is 5.91 Å². The van der Waals surface area contributed by atoms with Crippen LogP contribution in [0.15, 0.2) is 34.2 Å². The third kappa shape index (κ3) is 3.99. The molecule has 0 fully saturated rings. The van der Waals surface area contributed by atoms with Crippen LogP contribution in [0.3, 0.4) is 0 Å². The first kappa shape index (κ1) is 13.4. The Balaban J connectivity index is 2.92. The van der Waals surface area contributed by atoms with Crippen molar-refractivity contribution in [3.05, 3.63) is 29.8 Å². The molecule has 0 aliphatic carbocycles. The smallest absolute Gasteiger partial charge is 0.278 e. The predicted molar refractivity (Wildman–Crippen MR) is 66.1 cm³/mol. The number of benzene rings is 1. The molecule has 92 valence electrons. The molecule has 0 bridgehead atoms. The van der Waals surface area contributed by atoms with E-state index in [0.717, 1.165) is 6.26 Å². The second kappa shape index (κ2) is 5.09. The van der Waals surface area contributed by atoms with Crippen molar-refractivity contribution >= 4 is 22.1 Å². The van der Waals surface area contributed by atoms with Crippen LogP contribution in [0.25, 0.3) is 0 Å². The summed E-state index contributed by atoms with van der Waals surface area (Å²) in [5, 5.41) is 0. The lowest BCUT2D eigenvalue weighted by molar-refractivity contribution is 0.100. The van der Waals surface area contributed by atoms with Gasteiger partial charge in [0.15, 0.2) is 9.84 Å². The van der Waals surface area contributed by atoms with Crippen molar-refractivity contribution in [3.8, 4) is 0 Å². The molecule has 1 amide bonds. The molecule has 0 aromatic heterocycles. The Morgan fingerprint density at radius 1 is 1.24 bits per heavy atom. The molecule has 0 heterocycles. The van der Waals surface area contributed by atoms with Crippen LogP contribution < -0.4 is 0 Å². The number of rotatable bonds is 3. The molecule has 5 nitrogen and oxygen atoms in total. The van der Waals surface area contributed by atoms with Crippen molar-refractivity contribution in [1.82, 2.24) is 4.90 Å². The van der Waals surface area contributed by atoms with E-state index in [9.17, 15) is 13.2 Å². The van der Waals surface area contributed by atoms with Gasteiger partial charge in [0.05, 0.1) is 11.2 Å². The van der Waals surface area contributed by atoms with E-state index in [1.165, 1.54) is 30.6 Å². The Hall–Kier alpha value is -1.69. The average molecular weight is 254 g/mol. The molecule has 0 unspecified atom stereocenters. The average Bonchev–Trinajstić information content (AvgIpc) is 2.25. The summed E-state index contributed by atoms with van der Waals surface area (Å²) >= 11 is 0. The Labute approximate surface area is 101 Å². The van der Waals surface area contributed by atoms with Gasteiger partial charge in [-0.1, -0.05) is 0 Å². The third-order valence-electron chi connectivity index (χ3n) is 1.94. The zero-order valence-electron chi connectivity index (χ0n) is 9.91. The molecule has 17 heavy (non-hydrogen) atoms. The summed E-state index contributed by atoms with van der Waals surface area (Å²) in [5.41, 5.74) is 0.357. The maximum Gasteiger partial charge on any atom is 0.278 e. The maximum atomic E-state index is 11.5. The van der Waals surface area contributed by atoms with Gasteiger partial charge in [0.1, 0.15) is 0 Å². The van der Waals surface area contributed by atoms with E-state index in [1.807, 2.05) is 0 Å². The van der Waals surface area contributed by atoms with Gasteiger partial charge in [-0.15, -0.1) is 0 Å². The van der Waals surface area contributed by atoms with Crippen molar-refractivity contribution in [3.63, 3.8) is 0 Å². The molecule has 0 radical (unpaired) electrons. The largest absolute Gasteiger partial charge is 0.369 e. The molecule has 0 atom stereocenters. The zero-order valence-corrected chi connectivity index (χ0v) is 10.7. The first-order valence-electron chi connectivity index (χ1n) is 4.86. The molecule has 1 aromatic rings. The summed E-state index contributed by atoms with van der Waals surface area (Å²) in [6.45, 7) is 0. The summed E-state index contributed by atoms with van der Waals surface area (Å²) in [4.78, 5) is 17.1. The Bertz CT molecular complexity index is 530. The minimum atomic E-state index is -3.23. The molecule has 0 saturated carbocycles. The highest BCUT2D eigenvalue weighted by Gasteiger charge is 2.08. The van der Waals surface area contributed by atoms with Gasteiger partial charge < -0.3 is 4.90 Å². The molecule has 0 spiro atoms. The summed E-state index contributed by atoms with van der Waals surface area (Å²) in [5.74, 6) is -0.404. The van der Waals surface area contributed by atoms with Crippen molar-refractivity contribution in [2.45, 2.75) is 4.90 Å². The van der Waals surface area contributed by atoms with Crippen LogP contribution in [-0.4, -0.2) is 45.9 Å². The van der Waals surface area contributed by atoms with Crippen molar-refractivity contribution in [1.29, 1.82) is 0 Å². The summed E-state index contributed by atoms with van der Waals surface area (Å²) in [7, 11) is 0.278. The lowest BCUT2D eigenvalue weighted by Gasteiger charge is -2.02. The van der Waals surface area contributed by atoms with E-state index in [1.54, 1.807) is 19.0 Å². The quantitative estimate of drug-likeness (QED) is 0.591. The zero-order chi connectivity index (χ0) is 13.1. The highest BCUT2D eigenvalue weighted by molar-refractivity contribution is 7.90. The van der Waals surface area contributed by atoms with Crippen LogP contribution >= 0.6 is 0 Å². The van der Waals surface area contributed by atoms with Crippen LogP contribution in [0, 0.1) is 0 Å². The highest BCUT2D eigenvalue weighted by Crippen LogP contribution is 2.10. The van der Waals surface area contributed by atoms with Crippen LogP contribution in [-0.2, 0) is 9.84 Å². The van der Waals surface area contributed by atoms with E-state index in [4.69, 9.17) is 0 Å². The van der Waals surface area contributed by atoms with E-state index >= 15 is 0 Å². The molecule has 1 rings (SSSR count). The molecule has 0 N–H and O–H groups in total. The number of carbonyl (C=O) groups is 1. The number of hydrogen-bond acceptors (Lipinski definition) is 3. The lowest BCUT2D eigenvalue weighted by atomic mass is 10.2. The topological polar surface area (TPSA) is 66.8 Å². The fourth-order valence-electron chi connectivity index (χ4n) is 1.09. The second-order valence-electron chi connectivity index (χ2n) is 3.81. The lowest BCUT2D eigenvalue weighted by Crippen LogP contribution is -2.09. The third-order valence-corrected chi connectivity index (χ3v) is 3.06. The van der Waals surface area contributed by atoms with Gasteiger partial charge in [-0.05, 0) is 24.3 Å². The Morgan fingerprint density at radius 3 is 2.18 bits per heavy atom. The number of amides is 1. The number of aliphatic imine (C=N–C) groups is 1. The van der Waals surface area contributed by atoms with Crippen molar-refractivity contribution in [2.24, 2.45) is 4.99 Å². The van der Waals surface area contributed by atoms with Gasteiger partial charge in [-0.2, -0.15) is 4.99 Å². The van der Waals surface area contributed by atoms with E-state index in [2.05, 4.69) is 4.99 Å². The number of nitrogens with zero attached hydrogens (tertiary/aromatic N) is 2. The van der Waals surface area contributed by atoms with Crippen molar-refractivity contribution in [2.75, 3.05) is 20.4 Å². The number of carbonyl (C=O) groups excluding carboxylic acids is 1. The normalized spacial score (nSPS) is 11.7. The molecule has 0 aliphatic heterocycles. The van der Waals surface area contributed by atoms with Gasteiger partial charge in [-0.3, -0.25) is 4.79 Å².